The molecule has 1 heterocycles. The van der Waals surface area contributed by atoms with Crippen LogP contribution in [0.5, 0.6) is 17.2 Å². The minimum atomic E-state index is 0.659. The van der Waals surface area contributed by atoms with Crippen LogP contribution in [0.25, 0.3) is 23.1 Å². The molecule has 34 heavy (non-hydrogen) atoms. The number of hydrogen-bond donors (Lipinski definition) is 0. The summed E-state index contributed by atoms with van der Waals surface area (Å²) in [6.07, 6.45) is 14.4. The molecule has 0 aliphatic carbocycles. The summed E-state index contributed by atoms with van der Waals surface area (Å²) in [7, 11) is 1.69. The molecule has 2 aromatic carbocycles. The lowest BCUT2D eigenvalue weighted by Gasteiger charge is -2.11. The number of aromatic nitrogens is 1. The van der Waals surface area contributed by atoms with Crippen LogP contribution < -0.4 is 14.2 Å². The molecule has 0 spiro atoms. The van der Waals surface area contributed by atoms with Crippen molar-refractivity contribution in [2.75, 3.05) is 20.3 Å². The van der Waals surface area contributed by atoms with Crippen LogP contribution in [0.2, 0.25) is 0 Å². The second kappa shape index (κ2) is 14.3. The summed E-state index contributed by atoms with van der Waals surface area (Å²) in [5, 5.41) is 1.07. The van der Waals surface area contributed by atoms with Gasteiger partial charge < -0.3 is 14.2 Å². The van der Waals surface area contributed by atoms with Crippen LogP contribution in [0.4, 0.5) is 0 Å². The summed E-state index contributed by atoms with van der Waals surface area (Å²) in [4.78, 5) is 4.74. The molecular formula is C30H39NO3. The second-order valence-electron chi connectivity index (χ2n) is 8.59. The Labute approximate surface area is 205 Å². The first-order chi connectivity index (χ1) is 16.7. The molecule has 3 aromatic rings. The molecular weight excluding hydrogens is 422 g/mol. The zero-order chi connectivity index (χ0) is 24.0. The fraction of sp³-hybridized carbons (Fsp3) is 0.433. The molecule has 0 fully saturated rings. The van der Waals surface area contributed by atoms with Gasteiger partial charge in [0.1, 0.15) is 5.75 Å². The highest BCUT2D eigenvalue weighted by Gasteiger charge is 2.05. The normalized spacial score (nSPS) is 11.3. The molecule has 3 rings (SSSR count). The summed E-state index contributed by atoms with van der Waals surface area (Å²) in [5.74, 6) is 2.44. The SMILES string of the molecule is CCCCCCCCCCOc1ccc(C=Cc2ccc3cc(OCC)ccc3n2)cc1OC. The van der Waals surface area contributed by atoms with Crippen molar-refractivity contribution in [1.29, 1.82) is 0 Å². The second-order valence-corrected chi connectivity index (χ2v) is 8.59. The van der Waals surface area contributed by atoms with E-state index in [1.165, 1.54) is 44.9 Å². The van der Waals surface area contributed by atoms with Crippen molar-refractivity contribution in [1.82, 2.24) is 4.98 Å². The van der Waals surface area contributed by atoms with Gasteiger partial charge in [-0.1, -0.05) is 70.1 Å². The van der Waals surface area contributed by atoms with Crippen molar-refractivity contribution in [2.24, 2.45) is 0 Å². The lowest BCUT2D eigenvalue weighted by atomic mass is 10.1. The molecule has 0 atom stereocenters. The first-order valence-electron chi connectivity index (χ1n) is 12.8. The van der Waals surface area contributed by atoms with E-state index >= 15 is 0 Å². The molecule has 182 valence electrons. The van der Waals surface area contributed by atoms with Gasteiger partial charge in [-0.15, -0.1) is 0 Å². The highest BCUT2D eigenvalue weighted by Crippen LogP contribution is 2.29. The maximum atomic E-state index is 5.99. The molecule has 0 unspecified atom stereocenters. The Kier molecular flexibility index (Phi) is 10.8. The molecule has 0 saturated carbocycles. The van der Waals surface area contributed by atoms with Gasteiger partial charge in [0, 0.05) is 5.39 Å². The van der Waals surface area contributed by atoms with Crippen LogP contribution in [0.15, 0.2) is 48.5 Å². The van der Waals surface area contributed by atoms with Crippen LogP contribution in [-0.4, -0.2) is 25.3 Å². The van der Waals surface area contributed by atoms with E-state index < -0.39 is 0 Å². The number of pyridine rings is 1. The predicted molar refractivity (Wildman–Crippen MR) is 143 cm³/mol. The predicted octanol–water partition coefficient (Wildman–Crippen LogP) is 8.33. The average molecular weight is 462 g/mol. The highest BCUT2D eigenvalue weighted by atomic mass is 16.5. The van der Waals surface area contributed by atoms with Crippen LogP contribution in [0, 0.1) is 0 Å². The number of unbranched alkanes of at least 4 members (excludes halogenated alkanes) is 7. The van der Waals surface area contributed by atoms with E-state index in [1.807, 2.05) is 55.5 Å². The number of nitrogens with zero attached hydrogens (tertiary/aromatic N) is 1. The Morgan fingerprint density at radius 1 is 0.735 bits per heavy atom. The lowest BCUT2D eigenvalue weighted by molar-refractivity contribution is 0.284. The highest BCUT2D eigenvalue weighted by molar-refractivity contribution is 5.82. The van der Waals surface area contributed by atoms with Crippen molar-refractivity contribution in [3.05, 3.63) is 59.8 Å². The van der Waals surface area contributed by atoms with E-state index in [0.29, 0.717) is 6.61 Å². The van der Waals surface area contributed by atoms with Gasteiger partial charge in [0.25, 0.3) is 0 Å². The molecule has 1 aromatic heterocycles. The summed E-state index contributed by atoms with van der Waals surface area (Å²) in [6, 6.07) is 16.1. The van der Waals surface area contributed by atoms with Crippen molar-refractivity contribution in [3.63, 3.8) is 0 Å². The molecule has 0 bridgehead atoms. The molecule has 4 nitrogen and oxygen atoms in total. The van der Waals surface area contributed by atoms with Gasteiger partial charge in [-0.2, -0.15) is 0 Å². The Morgan fingerprint density at radius 2 is 1.53 bits per heavy atom. The van der Waals surface area contributed by atoms with Crippen LogP contribution in [-0.2, 0) is 0 Å². The Hall–Kier alpha value is -3.01. The summed E-state index contributed by atoms with van der Waals surface area (Å²) >= 11 is 0. The van der Waals surface area contributed by atoms with E-state index in [4.69, 9.17) is 19.2 Å². The Morgan fingerprint density at radius 3 is 2.29 bits per heavy atom. The molecule has 0 saturated heterocycles. The molecule has 0 amide bonds. The van der Waals surface area contributed by atoms with E-state index in [-0.39, 0.29) is 0 Å². The number of methoxy groups -OCH3 is 1. The molecule has 0 N–H and O–H groups in total. The van der Waals surface area contributed by atoms with Gasteiger partial charge in [0.05, 0.1) is 31.5 Å². The third kappa shape index (κ3) is 8.09. The van der Waals surface area contributed by atoms with E-state index in [1.54, 1.807) is 7.11 Å². The lowest BCUT2D eigenvalue weighted by Crippen LogP contribution is -1.99. The monoisotopic (exact) mass is 461 g/mol. The number of fused-ring (bicyclic) bond motifs is 1. The third-order valence-electron chi connectivity index (χ3n) is 5.88. The minimum Gasteiger partial charge on any atom is -0.494 e. The maximum absolute atomic E-state index is 5.99. The van der Waals surface area contributed by atoms with Crippen molar-refractivity contribution in [3.8, 4) is 17.2 Å². The van der Waals surface area contributed by atoms with Crippen molar-refractivity contribution in [2.45, 2.75) is 65.2 Å². The molecule has 0 aliphatic rings. The van der Waals surface area contributed by atoms with Crippen molar-refractivity contribution >= 4 is 23.1 Å². The molecule has 0 radical (unpaired) electrons. The number of ether oxygens (including phenoxy) is 3. The average Bonchev–Trinajstić information content (AvgIpc) is 2.87. The minimum absolute atomic E-state index is 0.659. The zero-order valence-corrected chi connectivity index (χ0v) is 21.0. The maximum Gasteiger partial charge on any atom is 0.161 e. The summed E-state index contributed by atoms with van der Waals surface area (Å²) < 4.78 is 17.1. The summed E-state index contributed by atoms with van der Waals surface area (Å²) in [5.41, 5.74) is 2.91. The third-order valence-corrected chi connectivity index (χ3v) is 5.88. The van der Waals surface area contributed by atoms with Gasteiger partial charge in [-0.25, -0.2) is 4.98 Å². The van der Waals surface area contributed by atoms with Gasteiger partial charge >= 0.3 is 0 Å². The first kappa shape index (κ1) is 25.6. The molecule has 0 aliphatic heterocycles. The van der Waals surface area contributed by atoms with Crippen LogP contribution >= 0.6 is 0 Å². The van der Waals surface area contributed by atoms with Crippen LogP contribution in [0.3, 0.4) is 0 Å². The van der Waals surface area contributed by atoms with Gasteiger partial charge in [-0.05, 0) is 61.4 Å². The Balaban J connectivity index is 1.52. The standard InChI is InChI=1S/C30H39NO3/c1-4-6-7-8-9-10-11-12-21-34-29-20-14-24(22-30(29)32-3)13-16-26-17-15-25-23-27(33-5-2)18-19-28(25)31-26/h13-20,22-23H,4-12,21H2,1-3H3. The quantitative estimate of drug-likeness (QED) is 0.213. The zero-order valence-electron chi connectivity index (χ0n) is 21.0. The van der Waals surface area contributed by atoms with Crippen molar-refractivity contribution < 1.29 is 14.2 Å². The van der Waals surface area contributed by atoms with Gasteiger partial charge in [-0.3, -0.25) is 0 Å². The number of hydrogen-bond acceptors (Lipinski definition) is 4. The van der Waals surface area contributed by atoms with Gasteiger partial charge in [0.2, 0.25) is 0 Å². The number of benzene rings is 2. The first-order valence-corrected chi connectivity index (χ1v) is 12.8. The largest absolute Gasteiger partial charge is 0.494 e. The van der Waals surface area contributed by atoms with E-state index in [9.17, 15) is 0 Å². The summed E-state index contributed by atoms with van der Waals surface area (Å²) in [6.45, 7) is 5.63. The number of rotatable bonds is 15. The fourth-order valence-corrected chi connectivity index (χ4v) is 3.98. The molecule has 4 heteroatoms. The smallest absolute Gasteiger partial charge is 0.161 e. The fourth-order valence-electron chi connectivity index (χ4n) is 3.98. The van der Waals surface area contributed by atoms with Crippen LogP contribution in [0.1, 0.15) is 76.5 Å². The Bertz CT molecular complexity index is 1040. The van der Waals surface area contributed by atoms with E-state index in [2.05, 4.69) is 19.1 Å². The topological polar surface area (TPSA) is 40.6 Å². The van der Waals surface area contributed by atoms with Gasteiger partial charge in [0.15, 0.2) is 11.5 Å². The van der Waals surface area contributed by atoms with E-state index in [0.717, 1.165) is 52.4 Å².